The number of rotatable bonds is 2. The Kier molecular flexibility index (Phi) is 3.53. The molecule has 1 aromatic rings. The molecule has 0 bridgehead atoms. The average molecular weight is 291 g/mol. The van der Waals surface area contributed by atoms with Gasteiger partial charge in [0, 0.05) is 3.57 Å². The van der Waals surface area contributed by atoms with E-state index >= 15 is 0 Å². The van der Waals surface area contributed by atoms with E-state index in [1.807, 2.05) is 6.07 Å². The summed E-state index contributed by atoms with van der Waals surface area (Å²) in [4.78, 5) is 11.3. The van der Waals surface area contributed by atoms with Gasteiger partial charge in [0.25, 0.3) is 0 Å². The van der Waals surface area contributed by atoms with Crippen molar-refractivity contribution in [3.05, 3.63) is 27.3 Å². The van der Waals surface area contributed by atoms with E-state index < -0.39 is 0 Å². The Balaban J connectivity index is 3.01. The largest absolute Gasteiger partial charge is 0.462 e. The zero-order valence-corrected chi connectivity index (χ0v) is 9.37. The van der Waals surface area contributed by atoms with Crippen LogP contribution in [-0.4, -0.2) is 12.6 Å². The summed E-state index contributed by atoms with van der Waals surface area (Å²) in [5.74, 6) is -0.362. The van der Waals surface area contributed by atoms with Crippen LogP contribution < -0.4 is 5.73 Å². The molecule has 0 saturated heterocycles. The smallest absolute Gasteiger partial charge is 0.340 e. The molecule has 0 saturated carbocycles. The number of halogens is 1. The zero-order valence-electron chi connectivity index (χ0n) is 7.21. The summed E-state index contributed by atoms with van der Waals surface area (Å²) in [6, 6.07) is 5.29. The summed E-state index contributed by atoms with van der Waals surface area (Å²) in [7, 11) is 0. The lowest BCUT2D eigenvalue weighted by Gasteiger charge is -2.05. The zero-order chi connectivity index (χ0) is 9.84. The van der Waals surface area contributed by atoms with Crippen LogP contribution in [-0.2, 0) is 4.74 Å². The molecular formula is C9H10INO2. The topological polar surface area (TPSA) is 52.3 Å². The summed E-state index contributed by atoms with van der Waals surface area (Å²) in [5, 5.41) is 0. The quantitative estimate of drug-likeness (QED) is 0.515. The van der Waals surface area contributed by atoms with Crippen LogP contribution in [0.15, 0.2) is 18.2 Å². The molecule has 0 aliphatic rings. The fourth-order valence-corrected chi connectivity index (χ4v) is 1.42. The van der Waals surface area contributed by atoms with Crippen LogP contribution in [0.4, 0.5) is 5.69 Å². The molecule has 3 nitrogen and oxygen atoms in total. The molecule has 2 N–H and O–H groups in total. The standard InChI is InChI=1S/C9H10INO2/c1-2-13-9(12)6-4-3-5-7(10)8(6)11/h3-5H,2,11H2,1H3. The molecule has 0 aliphatic heterocycles. The summed E-state index contributed by atoms with van der Waals surface area (Å²) in [5.41, 5.74) is 6.63. The van der Waals surface area contributed by atoms with Crippen molar-refractivity contribution in [3.8, 4) is 0 Å². The van der Waals surface area contributed by atoms with E-state index in [1.165, 1.54) is 0 Å². The molecule has 13 heavy (non-hydrogen) atoms. The number of nitrogens with two attached hydrogens (primary N) is 1. The van der Waals surface area contributed by atoms with Gasteiger partial charge in [0.15, 0.2) is 0 Å². The van der Waals surface area contributed by atoms with Crippen molar-refractivity contribution in [1.82, 2.24) is 0 Å². The van der Waals surface area contributed by atoms with E-state index in [-0.39, 0.29) is 5.97 Å². The lowest BCUT2D eigenvalue weighted by atomic mass is 10.2. The normalized spacial score (nSPS) is 9.69. The average Bonchev–Trinajstić information content (AvgIpc) is 2.10. The number of carbonyl (C=O) groups is 1. The van der Waals surface area contributed by atoms with Gasteiger partial charge in [0.1, 0.15) is 0 Å². The maximum atomic E-state index is 11.3. The van der Waals surface area contributed by atoms with Crippen LogP contribution in [0, 0.1) is 3.57 Å². The molecular weight excluding hydrogens is 281 g/mol. The van der Waals surface area contributed by atoms with Crippen molar-refractivity contribution >= 4 is 34.2 Å². The second kappa shape index (κ2) is 4.45. The number of para-hydroxylation sites is 1. The first-order valence-corrected chi connectivity index (χ1v) is 4.95. The Hall–Kier alpha value is -0.780. The first-order chi connectivity index (χ1) is 6.16. The van der Waals surface area contributed by atoms with E-state index in [4.69, 9.17) is 10.5 Å². The maximum absolute atomic E-state index is 11.3. The van der Waals surface area contributed by atoms with E-state index in [2.05, 4.69) is 22.6 Å². The van der Waals surface area contributed by atoms with E-state index in [9.17, 15) is 4.79 Å². The molecule has 4 heteroatoms. The number of nitrogen functional groups attached to an aromatic ring is 1. The van der Waals surface area contributed by atoms with E-state index in [1.54, 1.807) is 19.1 Å². The van der Waals surface area contributed by atoms with Crippen molar-refractivity contribution in [2.45, 2.75) is 6.92 Å². The van der Waals surface area contributed by atoms with Crippen molar-refractivity contribution < 1.29 is 9.53 Å². The summed E-state index contributed by atoms with van der Waals surface area (Å²) < 4.78 is 5.71. The number of hydrogen-bond donors (Lipinski definition) is 1. The summed E-state index contributed by atoms with van der Waals surface area (Å²) in [6.07, 6.45) is 0. The predicted molar refractivity (Wildman–Crippen MR) is 59.5 cm³/mol. The first-order valence-electron chi connectivity index (χ1n) is 3.88. The third-order valence-electron chi connectivity index (χ3n) is 1.55. The minimum atomic E-state index is -0.362. The molecule has 0 amide bonds. The number of hydrogen-bond acceptors (Lipinski definition) is 3. The summed E-state index contributed by atoms with van der Waals surface area (Å²) in [6.45, 7) is 2.13. The van der Waals surface area contributed by atoms with Crippen molar-refractivity contribution in [1.29, 1.82) is 0 Å². The second-order valence-corrected chi connectivity index (χ2v) is 3.58. The molecule has 0 aromatic heterocycles. The van der Waals surface area contributed by atoms with E-state index in [0.29, 0.717) is 17.9 Å². The van der Waals surface area contributed by atoms with Crippen molar-refractivity contribution in [2.75, 3.05) is 12.3 Å². The van der Waals surface area contributed by atoms with Gasteiger partial charge in [-0.2, -0.15) is 0 Å². The molecule has 1 rings (SSSR count). The fourth-order valence-electron chi connectivity index (χ4n) is 0.924. The second-order valence-electron chi connectivity index (χ2n) is 2.42. The van der Waals surface area contributed by atoms with Gasteiger partial charge in [0.2, 0.25) is 0 Å². The lowest BCUT2D eigenvalue weighted by Crippen LogP contribution is -2.08. The van der Waals surface area contributed by atoms with Crippen LogP contribution in [0.2, 0.25) is 0 Å². The Morgan fingerprint density at radius 1 is 1.62 bits per heavy atom. The van der Waals surface area contributed by atoms with Gasteiger partial charge in [-0.05, 0) is 41.6 Å². The molecule has 70 valence electrons. The molecule has 0 heterocycles. The highest BCUT2D eigenvalue weighted by atomic mass is 127. The number of carbonyl (C=O) groups excluding carboxylic acids is 1. The molecule has 0 fully saturated rings. The SMILES string of the molecule is CCOC(=O)c1cccc(I)c1N. The van der Waals surface area contributed by atoms with Crippen LogP contribution in [0.1, 0.15) is 17.3 Å². The van der Waals surface area contributed by atoms with Gasteiger partial charge >= 0.3 is 5.97 Å². The lowest BCUT2D eigenvalue weighted by molar-refractivity contribution is 0.0527. The van der Waals surface area contributed by atoms with Gasteiger partial charge < -0.3 is 10.5 Å². The van der Waals surface area contributed by atoms with Crippen LogP contribution >= 0.6 is 22.6 Å². The Labute approximate surface area is 90.4 Å². The molecule has 0 unspecified atom stereocenters. The minimum Gasteiger partial charge on any atom is -0.462 e. The highest BCUT2D eigenvalue weighted by Crippen LogP contribution is 2.19. The molecule has 0 spiro atoms. The Morgan fingerprint density at radius 2 is 2.31 bits per heavy atom. The third kappa shape index (κ3) is 2.33. The number of benzene rings is 1. The minimum absolute atomic E-state index is 0.362. The van der Waals surface area contributed by atoms with Crippen molar-refractivity contribution in [2.24, 2.45) is 0 Å². The molecule has 0 radical (unpaired) electrons. The number of ether oxygens (including phenoxy) is 1. The van der Waals surface area contributed by atoms with Gasteiger partial charge in [-0.15, -0.1) is 0 Å². The van der Waals surface area contributed by atoms with Crippen LogP contribution in [0.25, 0.3) is 0 Å². The first kappa shape index (κ1) is 10.3. The number of anilines is 1. The Bertz CT molecular complexity index is 325. The monoisotopic (exact) mass is 291 g/mol. The third-order valence-corrected chi connectivity index (χ3v) is 2.49. The van der Waals surface area contributed by atoms with Gasteiger partial charge in [-0.1, -0.05) is 6.07 Å². The van der Waals surface area contributed by atoms with Gasteiger partial charge in [0.05, 0.1) is 17.9 Å². The van der Waals surface area contributed by atoms with Crippen LogP contribution in [0.3, 0.4) is 0 Å². The number of esters is 1. The molecule has 1 aromatic carbocycles. The predicted octanol–water partition coefficient (Wildman–Crippen LogP) is 2.05. The summed E-state index contributed by atoms with van der Waals surface area (Å²) >= 11 is 2.08. The molecule has 0 atom stereocenters. The highest BCUT2D eigenvalue weighted by molar-refractivity contribution is 14.1. The van der Waals surface area contributed by atoms with Crippen molar-refractivity contribution in [3.63, 3.8) is 0 Å². The maximum Gasteiger partial charge on any atom is 0.340 e. The van der Waals surface area contributed by atoms with Gasteiger partial charge in [-0.3, -0.25) is 0 Å². The Morgan fingerprint density at radius 3 is 2.92 bits per heavy atom. The molecule has 0 aliphatic carbocycles. The van der Waals surface area contributed by atoms with Crippen LogP contribution in [0.5, 0.6) is 0 Å². The van der Waals surface area contributed by atoms with Gasteiger partial charge in [-0.25, -0.2) is 4.79 Å². The highest BCUT2D eigenvalue weighted by Gasteiger charge is 2.11. The fraction of sp³-hybridized carbons (Fsp3) is 0.222. The van der Waals surface area contributed by atoms with E-state index in [0.717, 1.165) is 3.57 Å².